The van der Waals surface area contributed by atoms with Gasteiger partial charge in [-0.25, -0.2) is 0 Å². The van der Waals surface area contributed by atoms with Crippen LogP contribution in [-0.4, -0.2) is 23.4 Å². The van der Waals surface area contributed by atoms with Gasteiger partial charge in [-0.05, 0) is 48.4 Å². The van der Waals surface area contributed by atoms with Gasteiger partial charge in [0.25, 0.3) is 0 Å². The number of ether oxygens (including phenoxy) is 1. The molecule has 2 atom stereocenters. The van der Waals surface area contributed by atoms with Gasteiger partial charge in [-0.3, -0.25) is 4.79 Å². The fraction of sp³-hybridized carbons (Fsp3) is 0.211. The normalized spacial score (nSPS) is 18.7. The summed E-state index contributed by atoms with van der Waals surface area (Å²) >= 11 is 11.8. The molecule has 0 fully saturated rings. The molecule has 2 aromatic rings. The zero-order chi connectivity index (χ0) is 19.8. The fourth-order valence-electron chi connectivity index (χ4n) is 2.77. The zero-order valence-electron chi connectivity index (χ0n) is 13.5. The molecular weight excluding hydrogens is 404 g/mol. The number of aliphatic carboxylic acids is 1. The predicted octanol–water partition coefficient (Wildman–Crippen LogP) is 4.96. The second-order valence-corrected chi connectivity index (χ2v) is 6.80. The maximum Gasteiger partial charge on any atom is 0.426 e. The Morgan fingerprint density at radius 1 is 1.11 bits per heavy atom. The summed E-state index contributed by atoms with van der Waals surface area (Å²) in [6.07, 6.45) is -7.65. The van der Waals surface area contributed by atoms with E-state index in [1.54, 1.807) is 24.3 Å². The molecule has 0 saturated carbocycles. The summed E-state index contributed by atoms with van der Waals surface area (Å²) in [5.41, 5.74) is 1.03. The second kappa shape index (κ2) is 7.34. The maximum atomic E-state index is 13.3. The number of halogens is 5. The van der Waals surface area contributed by atoms with Gasteiger partial charge in [-0.2, -0.15) is 13.2 Å². The molecule has 140 valence electrons. The average molecular weight is 415 g/mol. The van der Waals surface area contributed by atoms with Crippen LogP contribution in [-0.2, 0) is 11.2 Å². The lowest BCUT2D eigenvalue weighted by atomic mass is 9.89. The average Bonchev–Trinajstić information content (AvgIpc) is 2.58. The van der Waals surface area contributed by atoms with Crippen molar-refractivity contribution in [3.8, 4) is 17.6 Å². The number of benzene rings is 2. The van der Waals surface area contributed by atoms with E-state index in [1.807, 2.05) is 0 Å². The number of rotatable bonds is 1. The van der Waals surface area contributed by atoms with Crippen molar-refractivity contribution in [2.45, 2.75) is 18.7 Å². The Labute approximate surface area is 162 Å². The standard InChI is InChI=1S/C19H11Cl2F3O3/c20-13-5-2-10(3-6-13)1-4-11-7-14(21)8-12-9-15(18(25)26)17(19(22,23)24)27-16(11)12/h2-3,5-8,15,17H,9H2,(H,25,26). The first-order valence-corrected chi connectivity index (χ1v) is 8.47. The smallest absolute Gasteiger partial charge is 0.426 e. The van der Waals surface area contributed by atoms with Crippen molar-refractivity contribution < 1.29 is 27.8 Å². The molecule has 27 heavy (non-hydrogen) atoms. The highest BCUT2D eigenvalue weighted by molar-refractivity contribution is 6.31. The quantitative estimate of drug-likeness (QED) is 0.670. The first-order valence-electron chi connectivity index (χ1n) is 7.71. The van der Waals surface area contributed by atoms with Gasteiger partial charge in [0.05, 0.1) is 5.56 Å². The molecule has 1 N–H and O–H groups in total. The number of hydrogen-bond acceptors (Lipinski definition) is 2. The summed E-state index contributed by atoms with van der Waals surface area (Å²) in [5, 5.41) is 9.91. The van der Waals surface area contributed by atoms with E-state index in [2.05, 4.69) is 11.8 Å². The molecule has 1 heterocycles. The Bertz CT molecular complexity index is 944. The van der Waals surface area contributed by atoms with Gasteiger partial charge in [0, 0.05) is 15.6 Å². The summed E-state index contributed by atoms with van der Waals surface area (Å²) in [6.45, 7) is 0. The first kappa shape index (κ1) is 19.4. The Morgan fingerprint density at radius 3 is 2.37 bits per heavy atom. The third-order valence-corrected chi connectivity index (χ3v) is 4.48. The van der Waals surface area contributed by atoms with Crippen LogP contribution in [0, 0.1) is 17.8 Å². The van der Waals surface area contributed by atoms with Gasteiger partial charge in [-0.1, -0.05) is 35.0 Å². The number of carboxylic acids is 1. The van der Waals surface area contributed by atoms with E-state index in [9.17, 15) is 18.0 Å². The number of alkyl halides is 3. The van der Waals surface area contributed by atoms with Crippen LogP contribution in [0.2, 0.25) is 10.0 Å². The summed E-state index contributed by atoms with van der Waals surface area (Å²) in [6, 6.07) is 9.36. The van der Waals surface area contributed by atoms with Crippen molar-refractivity contribution in [2.75, 3.05) is 0 Å². The first-order chi connectivity index (χ1) is 12.6. The van der Waals surface area contributed by atoms with Crippen molar-refractivity contribution in [3.05, 3.63) is 63.1 Å². The lowest BCUT2D eigenvalue weighted by Gasteiger charge is -2.33. The second-order valence-electron chi connectivity index (χ2n) is 5.93. The van der Waals surface area contributed by atoms with Crippen LogP contribution in [0.25, 0.3) is 0 Å². The molecule has 0 radical (unpaired) electrons. The van der Waals surface area contributed by atoms with E-state index >= 15 is 0 Å². The van der Waals surface area contributed by atoms with Gasteiger partial charge in [-0.15, -0.1) is 0 Å². The van der Waals surface area contributed by atoms with Crippen molar-refractivity contribution in [1.29, 1.82) is 0 Å². The minimum atomic E-state index is -4.83. The summed E-state index contributed by atoms with van der Waals surface area (Å²) in [5.74, 6) is 2.12. The fourth-order valence-corrected chi connectivity index (χ4v) is 3.14. The number of carboxylic acid groups (broad SMARTS) is 1. The third kappa shape index (κ3) is 4.32. The van der Waals surface area contributed by atoms with Gasteiger partial charge in [0.15, 0.2) is 0 Å². The van der Waals surface area contributed by atoms with Crippen LogP contribution in [0.3, 0.4) is 0 Å². The predicted molar refractivity (Wildman–Crippen MR) is 94.2 cm³/mol. The Hall–Kier alpha value is -2.36. The molecule has 1 aliphatic heterocycles. The molecule has 0 aromatic heterocycles. The minimum absolute atomic E-state index is 0.0966. The van der Waals surface area contributed by atoms with Crippen LogP contribution < -0.4 is 4.74 Å². The third-order valence-electron chi connectivity index (χ3n) is 4.01. The van der Waals surface area contributed by atoms with Crippen molar-refractivity contribution in [3.63, 3.8) is 0 Å². The summed E-state index contributed by atoms with van der Waals surface area (Å²) in [7, 11) is 0. The molecule has 0 amide bonds. The zero-order valence-corrected chi connectivity index (χ0v) is 15.0. The van der Waals surface area contributed by atoms with Crippen LogP contribution in [0.5, 0.6) is 5.75 Å². The maximum absolute atomic E-state index is 13.3. The number of carbonyl (C=O) groups is 1. The molecule has 0 bridgehead atoms. The SMILES string of the molecule is O=C(O)C1Cc2cc(Cl)cc(C#Cc3ccc(Cl)cc3)c2OC1C(F)(F)F. The molecule has 0 aliphatic carbocycles. The summed E-state index contributed by atoms with van der Waals surface area (Å²) < 4.78 is 44.9. The molecule has 1 aliphatic rings. The van der Waals surface area contributed by atoms with E-state index in [0.29, 0.717) is 10.6 Å². The van der Waals surface area contributed by atoms with Crippen molar-refractivity contribution >= 4 is 29.2 Å². The van der Waals surface area contributed by atoms with Gasteiger partial charge < -0.3 is 9.84 Å². The highest BCUT2D eigenvalue weighted by Gasteiger charge is 2.52. The molecule has 8 heteroatoms. The molecular formula is C19H11Cl2F3O3. The Morgan fingerprint density at radius 2 is 1.78 bits per heavy atom. The van der Waals surface area contributed by atoms with E-state index in [4.69, 9.17) is 33.0 Å². The highest BCUT2D eigenvalue weighted by atomic mass is 35.5. The van der Waals surface area contributed by atoms with Crippen molar-refractivity contribution in [2.24, 2.45) is 5.92 Å². The molecule has 2 unspecified atom stereocenters. The lowest BCUT2D eigenvalue weighted by molar-refractivity contribution is -0.217. The lowest BCUT2D eigenvalue weighted by Crippen LogP contribution is -2.47. The molecule has 0 spiro atoms. The number of fused-ring (bicyclic) bond motifs is 1. The molecule has 2 aromatic carbocycles. The monoisotopic (exact) mass is 414 g/mol. The van der Waals surface area contributed by atoms with Crippen molar-refractivity contribution in [1.82, 2.24) is 0 Å². The highest BCUT2D eigenvalue weighted by Crippen LogP contribution is 2.41. The Balaban J connectivity index is 2.05. The van der Waals surface area contributed by atoms with E-state index < -0.39 is 24.2 Å². The van der Waals surface area contributed by atoms with E-state index in [0.717, 1.165) is 0 Å². The molecule has 3 rings (SSSR count). The number of hydrogen-bond donors (Lipinski definition) is 1. The van der Waals surface area contributed by atoms with Gasteiger partial charge in [0.2, 0.25) is 6.10 Å². The largest absolute Gasteiger partial charge is 0.481 e. The minimum Gasteiger partial charge on any atom is -0.481 e. The summed E-state index contributed by atoms with van der Waals surface area (Å²) in [4.78, 5) is 11.3. The van der Waals surface area contributed by atoms with E-state index in [-0.39, 0.29) is 28.3 Å². The Kier molecular flexibility index (Phi) is 5.27. The molecule has 0 saturated heterocycles. The van der Waals surface area contributed by atoms with Crippen LogP contribution >= 0.6 is 23.2 Å². The topological polar surface area (TPSA) is 46.5 Å². The van der Waals surface area contributed by atoms with Gasteiger partial charge in [0.1, 0.15) is 11.7 Å². The van der Waals surface area contributed by atoms with Gasteiger partial charge >= 0.3 is 12.1 Å². The van der Waals surface area contributed by atoms with E-state index in [1.165, 1.54) is 12.1 Å². The van der Waals surface area contributed by atoms with Crippen LogP contribution in [0.4, 0.5) is 13.2 Å². The van der Waals surface area contributed by atoms with Crippen LogP contribution in [0.15, 0.2) is 36.4 Å². The van der Waals surface area contributed by atoms with Crippen LogP contribution in [0.1, 0.15) is 16.7 Å². The molecule has 3 nitrogen and oxygen atoms in total.